The molecule has 1 aromatic carbocycles. The maximum absolute atomic E-state index is 12.3. The van der Waals surface area contributed by atoms with Gasteiger partial charge < -0.3 is 20.9 Å². The van der Waals surface area contributed by atoms with Gasteiger partial charge in [-0.3, -0.25) is 4.79 Å². The topological polar surface area (TPSA) is 73.5 Å². The SMILES string of the molecule is CC(C)NC(=O)Nc1cccc(C(=O)NCCN2CCC[C@H](C)C2)c1. The molecule has 1 fully saturated rings. The number of benzene rings is 1. The number of nitrogens with zero attached hydrogens (tertiary/aromatic N) is 1. The average Bonchev–Trinajstić information content (AvgIpc) is 2.54. The molecule has 3 N–H and O–H groups in total. The molecule has 0 aromatic heterocycles. The van der Waals surface area contributed by atoms with Crippen LogP contribution in [0.15, 0.2) is 24.3 Å². The number of amides is 3. The molecule has 1 aromatic rings. The molecule has 0 unspecified atom stereocenters. The van der Waals surface area contributed by atoms with Crippen molar-refractivity contribution < 1.29 is 9.59 Å². The average molecular weight is 346 g/mol. The van der Waals surface area contributed by atoms with Gasteiger partial charge in [0.2, 0.25) is 0 Å². The number of likely N-dealkylation sites (tertiary alicyclic amines) is 1. The number of anilines is 1. The summed E-state index contributed by atoms with van der Waals surface area (Å²) in [6.45, 7) is 9.81. The van der Waals surface area contributed by atoms with Gasteiger partial charge in [-0.05, 0) is 57.4 Å². The van der Waals surface area contributed by atoms with E-state index in [0.29, 0.717) is 17.8 Å². The minimum absolute atomic E-state index is 0.0592. The Morgan fingerprint density at radius 2 is 2.12 bits per heavy atom. The number of carbonyl (C=O) groups is 2. The Kier molecular flexibility index (Phi) is 7.25. The van der Waals surface area contributed by atoms with E-state index < -0.39 is 0 Å². The van der Waals surface area contributed by atoms with Crippen molar-refractivity contribution in [2.24, 2.45) is 5.92 Å². The maximum Gasteiger partial charge on any atom is 0.319 e. The third-order valence-electron chi connectivity index (χ3n) is 4.26. The summed E-state index contributed by atoms with van der Waals surface area (Å²) in [6.07, 6.45) is 2.54. The Morgan fingerprint density at radius 1 is 1.32 bits per heavy atom. The summed E-state index contributed by atoms with van der Waals surface area (Å²) >= 11 is 0. The zero-order chi connectivity index (χ0) is 18.2. The fourth-order valence-electron chi connectivity index (χ4n) is 3.09. The molecule has 0 bridgehead atoms. The monoisotopic (exact) mass is 346 g/mol. The van der Waals surface area contributed by atoms with Crippen LogP contribution in [0.4, 0.5) is 10.5 Å². The second-order valence-corrected chi connectivity index (χ2v) is 7.14. The zero-order valence-electron chi connectivity index (χ0n) is 15.5. The van der Waals surface area contributed by atoms with Crippen LogP contribution in [-0.2, 0) is 0 Å². The Hall–Kier alpha value is -2.08. The number of carbonyl (C=O) groups excluding carboxylic acids is 2. The summed E-state index contributed by atoms with van der Waals surface area (Å²) in [7, 11) is 0. The number of piperidine rings is 1. The lowest BCUT2D eigenvalue weighted by Gasteiger charge is -2.30. The van der Waals surface area contributed by atoms with Crippen LogP contribution in [0.25, 0.3) is 0 Å². The van der Waals surface area contributed by atoms with Gasteiger partial charge in [0, 0.05) is 36.9 Å². The Bertz CT molecular complexity index is 589. The van der Waals surface area contributed by atoms with E-state index in [0.717, 1.165) is 25.6 Å². The Morgan fingerprint density at radius 3 is 2.84 bits per heavy atom. The van der Waals surface area contributed by atoms with Gasteiger partial charge in [0.1, 0.15) is 0 Å². The normalized spacial score (nSPS) is 18.0. The van der Waals surface area contributed by atoms with E-state index in [1.54, 1.807) is 24.3 Å². The minimum Gasteiger partial charge on any atom is -0.351 e. The van der Waals surface area contributed by atoms with Gasteiger partial charge in [0.25, 0.3) is 5.91 Å². The van der Waals surface area contributed by atoms with Crippen LogP contribution in [0, 0.1) is 5.92 Å². The van der Waals surface area contributed by atoms with E-state index >= 15 is 0 Å². The molecule has 1 atom stereocenters. The summed E-state index contributed by atoms with van der Waals surface area (Å²) < 4.78 is 0. The first-order valence-electron chi connectivity index (χ1n) is 9.12. The molecule has 6 heteroatoms. The number of nitrogens with one attached hydrogen (secondary N) is 3. The highest BCUT2D eigenvalue weighted by molar-refractivity contribution is 5.96. The van der Waals surface area contributed by atoms with Gasteiger partial charge in [0.05, 0.1) is 0 Å². The van der Waals surface area contributed by atoms with Crippen molar-refractivity contribution in [2.45, 2.75) is 39.7 Å². The summed E-state index contributed by atoms with van der Waals surface area (Å²) in [5.41, 5.74) is 1.16. The molecule has 0 radical (unpaired) electrons. The zero-order valence-corrected chi connectivity index (χ0v) is 15.5. The molecule has 0 spiro atoms. The van der Waals surface area contributed by atoms with E-state index in [9.17, 15) is 9.59 Å². The van der Waals surface area contributed by atoms with Gasteiger partial charge in [-0.2, -0.15) is 0 Å². The predicted molar refractivity (Wildman–Crippen MR) is 101 cm³/mol. The molecule has 1 saturated heterocycles. The van der Waals surface area contributed by atoms with E-state index in [1.165, 1.54) is 12.8 Å². The fourth-order valence-corrected chi connectivity index (χ4v) is 3.09. The molecule has 1 aliphatic heterocycles. The highest BCUT2D eigenvalue weighted by Gasteiger charge is 2.16. The third-order valence-corrected chi connectivity index (χ3v) is 4.26. The van der Waals surface area contributed by atoms with Gasteiger partial charge in [-0.25, -0.2) is 4.79 Å². The van der Waals surface area contributed by atoms with Crippen LogP contribution >= 0.6 is 0 Å². The summed E-state index contributed by atoms with van der Waals surface area (Å²) in [4.78, 5) is 26.5. The van der Waals surface area contributed by atoms with E-state index in [-0.39, 0.29) is 18.0 Å². The molecule has 1 aliphatic rings. The van der Waals surface area contributed by atoms with Gasteiger partial charge in [-0.15, -0.1) is 0 Å². The first-order valence-corrected chi connectivity index (χ1v) is 9.12. The second kappa shape index (κ2) is 9.42. The third kappa shape index (κ3) is 6.74. The lowest BCUT2D eigenvalue weighted by molar-refractivity contribution is 0.0944. The van der Waals surface area contributed by atoms with Gasteiger partial charge >= 0.3 is 6.03 Å². The minimum atomic E-state index is -0.272. The number of rotatable bonds is 6. The highest BCUT2D eigenvalue weighted by atomic mass is 16.2. The first-order chi connectivity index (χ1) is 11.9. The molecule has 2 rings (SSSR count). The standard InChI is InChI=1S/C19H30N4O2/c1-14(2)21-19(25)22-17-8-4-7-16(12-17)18(24)20-9-11-23-10-5-6-15(3)13-23/h4,7-8,12,14-15H,5-6,9-11,13H2,1-3H3,(H,20,24)(H2,21,22,25)/t15-/m0/s1. The summed E-state index contributed by atoms with van der Waals surface area (Å²) in [6, 6.07) is 6.77. The van der Waals surface area contributed by atoms with E-state index in [4.69, 9.17) is 0 Å². The van der Waals surface area contributed by atoms with Crippen molar-refractivity contribution in [2.75, 3.05) is 31.5 Å². The van der Waals surface area contributed by atoms with Crippen LogP contribution in [-0.4, -0.2) is 49.1 Å². The Balaban J connectivity index is 1.81. The summed E-state index contributed by atoms with van der Waals surface area (Å²) in [5.74, 6) is 0.627. The van der Waals surface area contributed by atoms with Crippen LogP contribution in [0.1, 0.15) is 44.0 Å². The molecule has 0 saturated carbocycles. The summed E-state index contributed by atoms with van der Waals surface area (Å²) in [5, 5.41) is 8.47. The van der Waals surface area contributed by atoms with Crippen LogP contribution < -0.4 is 16.0 Å². The molecule has 1 heterocycles. The molecule has 0 aliphatic carbocycles. The maximum atomic E-state index is 12.3. The van der Waals surface area contributed by atoms with E-state index in [2.05, 4.69) is 27.8 Å². The van der Waals surface area contributed by atoms with Crippen LogP contribution in [0.3, 0.4) is 0 Å². The lowest BCUT2D eigenvalue weighted by atomic mass is 10.0. The van der Waals surface area contributed by atoms with Crippen molar-refractivity contribution >= 4 is 17.6 Å². The second-order valence-electron chi connectivity index (χ2n) is 7.14. The molecule has 25 heavy (non-hydrogen) atoms. The molecular formula is C19H30N4O2. The van der Waals surface area contributed by atoms with Crippen molar-refractivity contribution in [3.8, 4) is 0 Å². The molecule has 6 nitrogen and oxygen atoms in total. The van der Waals surface area contributed by atoms with Gasteiger partial charge in [-0.1, -0.05) is 13.0 Å². The molecule has 138 valence electrons. The van der Waals surface area contributed by atoms with Crippen LogP contribution in [0.5, 0.6) is 0 Å². The molecular weight excluding hydrogens is 316 g/mol. The van der Waals surface area contributed by atoms with Crippen molar-refractivity contribution in [3.05, 3.63) is 29.8 Å². The predicted octanol–water partition coefficient (Wildman–Crippen LogP) is 2.68. The van der Waals surface area contributed by atoms with Crippen molar-refractivity contribution in [1.29, 1.82) is 0 Å². The van der Waals surface area contributed by atoms with Gasteiger partial charge in [0.15, 0.2) is 0 Å². The van der Waals surface area contributed by atoms with E-state index in [1.807, 2.05) is 13.8 Å². The Labute approximate surface area is 150 Å². The van der Waals surface area contributed by atoms with Crippen LogP contribution in [0.2, 0.25) is 0 Å². The first kappa shape index (κ1) is 19.2. The molecule has 3 amide bonds. The van der Waals surface area contributed by atoms with Crippen molar-refractivity contribution in [3.63, 3.8) is 0 Å². The lowest BCUT2D eigenvalue weighted by Crippen LogP contribution is -2.40. The number of hydrogen-bond donors (Lipinski definition) is 3. The quantitative estimate of drug-likeness (QED) is 0.741. The van der Waals surface area contributed by atoms with Crippen molar-refractivity contribution in [1.82, 2.24) is 15.5 Å². The smallest absolute Gasteiger partial charge is 0.319 e. The number of urea groups is 1. The fraction of sp³-hybridized carbons (Fsp3) is 0.579. The largest absolute Gasteiger partial charge is 0.351 e. The number of hydrogen-bond acceptors (Lipinski definition) is 3. The highest BCUT2D eigenvalue weighted by Crippen LogP contribution is 2.14.